The van der Waals surface area contributed by atoms with Gasteiger partial charge in [0.1, 0.15) is 11.6 Å². The van der Waals surface area contributed by atoms with E-state index >= 15 is 0 Å². The van der Waals surface area contributed by atoms with Gasteiger partial charge in [0.25, 0.3) is 0 Å². The maximum atomic E-state index is 14.8. The summed E-state index contributed by atoms with van der Waals surface area (Å²) in [6, 6.07) is 13.1. The Labute approximate surface area is 231 Å². The molecule has 0 spiro atoms. The summed E-state index contributed by atoms with van der Waals surface area (Å²) in [6.45, 7) is 6.30. The molecule has 1 fully saturated rings. The van der Waals surface area contributed by atoms with Crippen LogP contribution in [-0.4, -0.2) is 46.0 Å². The first kappa shape index (κ1) is 27.4. The molecular formula is C29H23ClF4N4O2. The van der Waals surface area contributed by atoms with Crippen LogP contribution in [0, 0.1) is 5.82 Å². The van der Waals surface area contributed by atoms with Crippen molar-refractivity contribution in [2.45, 2.75) is 19.1 Å². The van der Waals surface area contributed by atoms with Crippen LogP contribution in [0.4, 0.5) is 23.4 Å². The topological polar surface area (TPSA) is 58.4 Å². The molecule has 0 bridgehead atoms. The summed E-state index contributed by atoms with van der Waals surface area (Å²) in [4.78, 5) is 33.4. The predicted octanol–water partition coefficient (Wildman–Crippen LogP) is 6.09. The summed E-state index contributed by atoms with van der Waals surface area (Å²) in [5, 5.41) is 0.431. The zero-order valence-electron chi connectivity index (χ0n) is 21.3. The Hall–Kier alpha value is -4.18. The minimum atomic E-state index is -4.76. The van der Waals surface area contributed by atoms with Gasteiger partial charge in [-0.25, -0.2) is 9.18 Å². The van der Waals surface area contributed by atoms with E-state index in [1.807, 2.05) is 11.8 Å². The van der Waals surface area contributed by atoms with Gasteiger partial charge in [-0.15, -0.1) is 0 Å². The SMILES string of the molecule is C=CC(=O)N1CCN(c2nc(=O)n(-c3ccccc3C(F)(F)F)c3cc(-c4ccccc4F)c(Cl)cc23)C(C)C1. The first-order valence-electron chi connectivity index (χ1n) is 12.4. The van der Waals surface area contributed by atoms with Crippen LogP contribution in [0.15, 0.2) is 78.1 Å². The average Bonchev–Trinajstić information content (AvgIpc) is 2.92. The maximum Gasteiger partial charge on any atom is 0.418 e. The number of aromatic nitrogens is 2. The van der Waals surface area contributed by atoms with Gasteiger partial charge in [-0.1, -0.05) is 48.5 Å². The highest BCUT2D eigenvalue weighted by Gasteiger charge is 2.35. The number of halogens is 5. The van der Waals surface area contributed by atoms with Crippen molar-refractivity contribution >= 4 is 34.2 Å². The molecule has 4 aromatic rings. The van der Waals surface area contributed by atoms with E-state index in [0.29, 0.717) is 25.0 Å². The van der Waals surface area contributed by atoms with Crippen LogP contribution in [0.3, 0.4) is 0 Å². The van der Waals surface area contributed by atoms with Crippen LogP contribution in [0.2, 0.25) is 5.02 Å². The van der Waals surface area contributed by atoms with Gasteiger partial charge >= 0.3 is 11.9 Å². The molecule has 1 aromatic heterocycles. The van der Waals surface area contributed by atoms with E-state index in [0.717, 1.165) is 10.6 Å². The molecule has 1 aliphatic heterocycles. The smallest absolute Gasteiger partial charge is 0.350 e. The van der Waals surface area contributed by atoms with E-state index in [4.69, 9.17) is 11.6 Å². The van der Waals surface area contributed by atoms with Crippen molar-refractivity contribution in [1.29, 1.82) is 0 Å². The molecule has 1 aliphatic rings. The minimum Gasteiger partial charge on any atom is -0.350 e. The number of carbonyl (C=O) groups excluding carboxylic acids is 1. The van der Waals surface area contributed by atoms with Crippen molar-refractivity contribution in [3.8, 4) is 16.8 Å². The van der Waals surface area contributed by atoms with Gasteiger partial charge in [0.05, 0.1) is 16.8 Å². The summed E-state index contributed by atoms with van der Waals surface area (Å²) in [7, 11) is 0. The molecule has 40 heavy (non-hydrogen) atoms. The summed E-state index contributed by atoms with van der Waals surface area (Å²) in [5.74, 6) is -0.610. The Morgan fingerprint density at radius 2 is 1.77 bits per heavy atom. The van der Waals surface area contributed by atoms with Gasteiger partial charge in [0.15, 0.2) is 0 Å². The van der Waals surface area contributed by atoms with E-state index < -0.39 is 28.9 Å². The second kappa shape index (κ2) is 10.4. The molecule has 0 saturated carbocycles. The van der Waals surface area contributed by atoms with E-state index in [-0.39, 0.29) is 39.4 Å². The highest BCUT2D eigenvalue weighted by Crippen LogP contribution is 2.39. The number of rotatable bonds is 4. The molecule has 0 radical (unpaired) electrons. The number of fused-ring (bicyclic) bond motifs is 1. The number of nitrogens with zero attached hydrogens (tertiary/aromatic N) is 4. The van der Waals surface area contributed by atoms with E-state index in [2.05, 4.69) is 11.6 Å². The molecule has 6 nitrogen and oxygen atoms in total. The van der Waals surface area contributed by atoms with Gasteiger partial charge < -0.3 is 9.80 Å². The number of hydrogen-bond donors (Lipinski definition) is 0. The van der Waals surface area contributed by atoms with Crippen LogP contribution < -0.4 is 10.6 Å². The van der Waals surface area contributed by atoms with Crippen LogP contribution in [-0.2, 0) is 11.0 Å². The maximum absolute atomic E-state index is 14.8. The number of piperazine rings is 1. The standard InChI is InChI=1S/C29H23ClF4N4O2/c1-3-26(39)36-12-13-37(17(2)16-36)27-20-14-22(30)19(18-8-4-6-10-23(18)31)15-25(20)38(28(40)35-27)24-11-7-5-9-21(24)29(32,33)34/h3-11,14-15,17H,1,12-13,16H2,2H3. The Morgan fingerprint density at radius 1 is 1.07 bits per heavy atom. The monoisotopic (exact) mass is 570 g/mol. The number of benzene rings is 3. The molecule has 3 aromatic carbocycles. The molecule has 11 heteroatoms. The lowest BCUT2D eigenvalue weighted by molar-refractivity contribution is -0.137. The fourth-order valence-corrected chi connectivity index (χ4v) is 5.34. The molecule has 0 N–H and O–H groups in total. The quantitative estimate of drug-likeness (QED) is 0.220. The van der Waals surface area contributed by atoms with Crippen LogP contribution >= 0.6 is 11.6 Å². The summed E-state index contributed by atoms with van der Waals surface area (Å²) in [6.07, 6.45) is -3.54. The van der Waals surface area contributed by atoms with Gasteiger partial charge in [0.2, 0.25) is 5.91 Å². The van der Waals surface area contributed by atoms with E-state index in [1.165, 1.54) is 54.6 Å². The normalized spacial score (nSPS) is 15.9. The summed E-state index contributed by atoms with van der Waals surface area (Å²) < 4.78 is 57.8. The average molecular weight is 571 g/mol. The van der Waals surface area contributed by atoms with E-state index in [9.17, 15) is 27.2 Å². The number of amides is 1. The highest BCUT2D eigenvalue weighted by molar-refractivity contribution is 6.34. The molecule has 1 unspecified atom stereocenters. The van der Waals surface area contributed by atoms with Gasteiger partial charge in [0, 0.05) is 47.2 Å². The van der Waals surface area contributed by atoms with Crippen molar-refractivity contribution in [3.05, 3.63) is 100 Å². The third-order valence-corrected chi connectivity index (χ3v) is 7.27. The number of hydrogen-bond acceptors (Lipinski definition) is 4. The van der Waals surface area contributed by atoms with Gasteiger partial charge in [-0.05, 0) is 43.3 Å². The lowest BCUT2D eigenvalue weighted by atomic mass is 10.0. The molecule has 1 saturated heterocycles. The molecule has 206 valence electrons. The first-order valence-corrected chi connectivity index (χ1v) is 12.7. The van der Waals surface area contributed by atoms with Gasteiger partial charge in [-0.2, -0.15) is 18.2 Å². The minimum absolute atomic E-state index is 0.0751. The summed E-state index contributed by atoms with van der Waals surface area (Å²) in [5.41, 5.74) is -1.98. The van der Waals surface area contributed by atoms with Crippen LogP contribution in [0.5, 0.6) is 0 Å². The molecule has 1 amide bonds. The zero-order valence-corrected chi connectivity index (χ0v) is 22.0. The molecule has 2 heterocycles. The van der Waals surface area contributed by atoms with E-state index in [1.54, 1.807) is 11.0 Å². The Kier molecular flexibility index (Phi) is 7.14. The van der Waals surface area contributed by atoms with Crippen molar-refractivity contribution < 1.29 is 22.4 Å². The zero-order chi connectivity index (χ0) is 28.8. The first-order chi connectivity index (χ1) is 19.0. The number of anilines is 1. The third-order valence-electron chi connectivity index (χ3n) is 6.96. The largest absolute Gasteiger partial charge is 0.418 e. The predicted molar refractivity (Wildman–Crippen MR) is 146 cm³/mol. The second-order valence-corrected chi connectivity index (χ2v) is 9.84. The molecule has 1 atom stereocenters. The third kappa shape index (κ3) is 4.83. The van der Waals surface area contributed by atoms with Crippen LogP contribution in [0.25, 0.3) is 27.7 Å². The van der Waals surface area contributed by atoms with Crippen LogP contribution in [0.1, 0.15) is 12.5 Å². The second-order valence-electron chi connectivity index (χ2n) is 9.43. The molecular weight excluding hydrogens is 548 g/mol. The van der Waals surface area contributed by atoms with Crippen molar-refractivity contribution in [3.63, 3.8) is 0 Å². The van der Waals surface area contributed by atoms with Crippen molar-refractivity contribution in [1.82, 2.24) is 14.5 Å². The van der Waals surface area contributed by atoms with Gasteiger partial charge in [-0.3, -0.25) is 9.36 Å². The Balaban J connectivity index is 1.80. The summed E-state index contributed by atoms with van der Waals surface area (Å²) >= 11 is 6.64. The van der Waals surface area contributed by atoms with Crippen molar-refractivity contribution in [2.24, 2.45) is 0 Å². The lowest BCUT2D eigenvalue weighted by Crippen LogP contribution is -2.54. The number of alkyl halides is 3. The molecule has 5 rings (SSSR count). The van der Waals surface area contributed by atoms with Crippen molar-refractivity contribution in [2.75, 3.05) is 24.5 Å². The molecule has 0 aliphatic carbocycles. The fourth-order valence-electron chi connectivity index (χ4n) is 5.08. The highest BCUT2D eigenvalue weighted by atomic mass is 35.5. The fraction of sp³-hybridized carbons (Fsp3) is 0.207. The Morgan fingerprint density at radius 3 is 2.45 bits per heavy atom. The lowest BCUT2D eigenvalue weighted by Gasteiger charge is -2.40. The number of carbonyl (C=O) groups is 1. The number of para-hydroxylation sites is 1. The Bertz CT molecular complexity index is 1700.